The van der Waals surface area contributed by atoms with Gasteiger partial charge in [-0.15, -0.1) is 0 Å². The van der Waals surface area contributed by atoms with E-state index in [-0.39, 0.29) is 5.78 Å². The van der Waals surface area contributed by atoms with E-state index >= 15 is 0 Å². The highest BCUT2D eigenvalue weighted by Gasteiger charge is 2.15. The second kappa shape index (κ2) is 7.43. The molecule has 5 heteroatoms. The highest BCUT2D eigenvalue weighted by molar-refractivity contribution is 9.10. The number of rotatable bonds is 5. The van der Waals surface area contributed by atoms with Crippen molar-refractivity contribution in [2.75, 3.05) is 6.61 Å². The minimum Gasteiger partial charge on any atom is -0.492 e. The number of ketones is 1. The Labute approximate surface area is 145 Å². The number of carbonyl (C=O) groups is 1. The van der Waals surface area contributed by atoms with Crippen LogP contribution >= 0.6 is 43.5 Å². The molecule has 0 spiro atoms. The molecule has 0 fully saturated rings. The van der Waals surface area contributed by atoms with Crippen molar-refractivity contribution in [2.24, 2.45) is 0 Å². The summed E-state index contributed by atoms with van der Waals surface area (Å²) in [7, 11) is 0. The first-order valence-corrected chi connectivity index (χ1v) is 8.42. The number of carbonyl (C=O) groups excluding carboxylic acids is 1. The third-order valence-corrected chi connectivity index (χ3v) is 4.77. The van der Waals surface area contributed by atoms with Crippen LogP contribution in [0.15, 0.2) is 45.3 Å². The van der Waals surface area contributed by atoms with Gasteiger partial charge in [0.2, 0.25) is 0 Å². The number of ether oxygens (including phenoxy) is 1. The maximum absolute atomic E-state index is 12.5. The molecule has 2 aromatic carbocycles. The van der Waals surface area contributed by atoms with Crippen LogP contribution in [0.3, 0.4) is 0 Å². The fraction of sp³-hybridized carbons (Fsp3) is 0.188. The van der Waals surface area contributed by atoms with Crippen LogP contribution in [0, 0.1) is 0 Å². The summed E-state index contributed by atoms with van der Waals surface area (Å²) < 4.78 is 7.04. The molecule has 0 saturated heterocycles. The van der Waals surface area contributed by atoms with Crippen LogP contribution in [0.25, 0.3) is 0 Å². The van der Waals surface area contributed by atoms with Gasteiger partial charge in [-0.1, -0.05) is 24.6 Å². The SMILES string of the molecule is CCCOc1ccc(C(=O)c2cccc(Br)c2Cl)cc1Br. The molecule has 0 radical (unpaired) electrons. The van der Waals surface area contributed by atoms with Crippen LogP contribution in [0.5, 0.6) is 5.75 Å². The first kappa shape index (κ1) is 16.5. The maximum Gasteiger partial charge on any atom is 0.194 e. The Kier molecular flexibility index (Phi) is 5.85. The molecule has 0 saturated carbocycles. The Morgan fingerprint density at radius 3 is 2.62 bits per heavy atom. The molecule has 21 heavy (non-hydrogen) atoms. The van der Waals surface area contributed by atoms with Crippen molar-refractivity contribution in [3.63, 3.8) is 0 Å². The number of hydrogen-bond donors (Lipinski definition) is 0. The molecule has 0 aliphatic heterocycles. The van der Waals surface area contributed by atoms with Crippen molar-refractivity contribution in [1.82, 2.24) is 0 Å². The van der Waals surface area contributed by atoms with Gasteiger partial charge in [-0.25, -0.2) is 0 Å². The quantitative estimate of drug-likeness (QED) is 0.551. The number of benzene rings is 2. The third-order valence-electron chi connectivity index (χ3n) is 2.85. The standard InChI is InChI=1S/C16H13Br2ClO2/c1-2-8-21-14-7-6-10(9-13(14)18)16(20)11-4-3-5-12(17)15(11)19/h3-7,9H,2,8H2,1H3. The lowest BCUT2D eigenvalue weighted by molar-refractivity contribution is 0.103. The van der Waals surface area contributed by atoms with E-state index in [4.69, 9.17) is 16.3 Å². The molecule has 0 bridgehead atoms. The van der Waals surface area contributed by atoms with E-state index in [1.54, 1.807) is 36.4 Å². The van der Waals surface area contributed by atoms with Gasteiger partial charge in [-0.2, -0.15) is 0 Å². The zero-order valence-electron chi connectivity index (χ0n) is 11.3. The number of halogens is 3. The van der Waals surface area contributed by atoms with E-state index < -0.39 is 0 Å². The fourth-order valence-corrected chi connectivity index (χ4v) is 2.88. The van der Waals surface area contributed by atoms with Gasteiger partial charge in [0, 0.05) is 15.6 Å². The maximum atomic E-state index is 12.5. The van der Waals surface area contributed by atoms with Crippen LogP contribution < -0.4 is 4.74 Å². The van der Waals surface area contributed by atoms with Gasteiger partial charge in [0.1, 0.15) is 5.75 Å². The summed E-state index contributed by atoms with van der Waals surface area (Å²) >= 11 is 12.9. The van der Waals surface area contributed by atoms with Crippen LogP contribution in [-0.2, 0) is 0 Å². The van der Waals surface area contributed by atoms with Gasteiger partial charge in [-0.05, 0) is 68.6 Å². The molecule has 0 N–H and O–H groups in total. The molecule has 2 aromatic rings. The lowest BCUT2D eigenvalue weighted by atomic mass is 10.0. The summed E-state index contributed by atoms with van der Waals surface area (Å²) in [4.78, 5) is 12.5. The normalized spacial score (nSPS) is 10.5. The average Bonchev–Trinajstić information content (AvgIpc) is 2.48. The van der Waals surface area contributed by atoms with E-state index in [0.29, 0.717) is 27.2 Å². The zero-order valence-corrected chi connectivity index (χ0v) is 15.3. The zero-order chi connectivity index (χ0) is 15.4. The molecule has 0 aliphatic rings. The molecular formula is C16H13Br2ClO2. The van der Waals surface area contributed by atoms with Gasteiger partial charge in [-0.3, -0.25) is 4.79 Å². The second-order valence-corrected chi connectivity index (χ2v) is 6.51. The van der Waals surface area contributed by atoms with E-state index in [1.807, 2.05) is 6.92 Å². The predicted octanol–water partition coefficient (Wildman–Crippen LogP) is 5.88. The van der Waals surface area contributed by atoms with Crippen molar-refractivity contribution in [3.8, 4) is 5.75 Å². The van der Waals surface area contributed by atoms with Gasteiger partial charge < -0.3 is 4.74 Å². The van der Waals surface area contributed by atoms with Gasteiger partial charge >= 0.3 is 0 Å². The van der Waals surface area contributed by atoms with Crippen molar-refractivity contribution >= 4 is 49.2 Å². The summed E-state index contributed by atoms with van der Waals surface area (Å²) in [6, 6.07) is 10.6. The van der Waals surface area contributed by atoms with Crippen molar-refractivity contribution in [2.45, 2.75) is 13.3 Å². The minimum atomic E-state index is -0.121. The predicted molar refractivity (Wildman–Crippen MR) is 92.5 cm³/mol. The number of hydrogen-bond acceptors (Lipinski definition) is 2. The van der Waals surface area contributed by atoms with Gasteiger partial charge in [0.25, 0.3) is 0 Å². The Hall–Kier alpha value is -0.840. The van der Waals surface area contributed by atoms with Crippen molar-refractivity contribution < 1.29 is 9.53 Å². The van der Waals surface area contributed by atoms with Crippen LogP contribution in [-0.4, -0.2) is 12.4 Å². The molecule has 0 heterocycles. The summed E-state index contributed by atoms with van der Waals surface area (Å²) in [5, 5.41) is 0.421. The lowest BCUT2D eigenvalue weighted by Gasteiger charge is -2.09. The highest BCUT2D eigenvalue weighted by atomic mass is 79.9. The molecule has 0 amide bonds. The summed E-state index contributed by atoms with van der Waals surface area (Å²) in [6.45, 7) is 2.68. The molecule has 2 rings (SSSR count). The van der Waals surface area contributed by atoms with Crippen molar-refractivity contribution in [1.29, 1.82) is 0 Å². The second-order valence-electron chi connectivity index (χ2n) is 4.42. The summed E-state index contributed by atoms with van der Waals surface area (Å²) in [6.07, 6.45) is 0.931. The summed E-state index contributed by atoms with van der Waals surface area (Å²) in [5.74, 6) is 0.609. The summed E-state index contributed by atoms with van der Waals surface area (Å²) in [5.41, 5.74) is 1.03. The molecule has 0 aromatic heterocycles. The van der Waals surface area contributed by atoms with E-state index in [2.05, 4.69) is 31.9 Å². The topological polar surface area (TPSA) is 26.3 Å². The van der Waals surface area contributed by atoms with E-state index in [1.165, 1.54) is 0 Å². The average molecular weight is 433 g/mol. The van der Waals surface area contributed by atoms with Crippen molar-refractivity contribution in [3.05, 3.63) is 61.5 Å². The largest absolute Gasteiger partial charge is 0.492 e. The smallest absolute Gasteiger partial charge is 0.194 e. The molecule has 0 atom stereocenters. The Bertz CT molecular complexity index is 671. The molecule has 2 nitrogen and oxygen atoms in total. The van der Waals surface area contributed by atoms with Crippen LogP contribution in [0.4, 0.5) is 0 Å². The van der Waals surface area contributed by atoms with Crippen LogP contribution in [0.1, 0.15) is 29.3 Å². The molecule has 0 unspecified atom stereocenters. The highest BCUT2D eigenvalue weighted by Crippen LogP contribution is 2.30. The third kappa shape index (κ3) is 3.87. The fourth-order valence-electron chi connectivity index (χ4n) is 1.81. The van der Waals surface area contributed by atoms with E-state index in [9.17, 15) is 4.79 Å². The Balaban J connectivity index is 2.32. The first-order chi connectivity index (χ1) is 10.0. The minimum absolute atomic E-state index is 0.121. The lowest BCUT2D eigenvalue weighted by Crippen LogP contribution is -2.03. The Morgan fingerprint density at radius 1 is 1.19 bits per heavy atom. The van der Waals surface area contributed by atoms with E-state index in [0.717, 1.165) is 16.6 Å². The monoisotopic (exact) mass is 430 g/mol. The molecule has 110 valence electrons. The van der Waals surface area contributed by atoms with Crippen LogP contribution in [0.2, 0.25) is 5.02 Å². The molecular weight excluding hydrogens is 419 g/mol. The van der Waals surface area contributed by atoms with Gasteiger partial charge in [0.15, 0.2) is 5.78 Å². The molecule has 0 aliphatic carbocycles. The van der Waals surface area contributed by atoms with Gasteiger partial charge in [0.05, 0.1) is 16.1 Å². The first-order valence-electron chi connectivity index (χ1n) is 6.45. The Morgan fingerprint density at radius 2 is 1.95 bits per heavy atom.